The first-order chi connectivity index (χ1) is 10.6. The second-order valence-corrected chi connectivity index (χ2v) is 5.74. The Morgan fingerprint density at radius 1 is 1.27 bits per heavy atom. The van der Waals surface area contributed by atoms with Gasteiger partial charge in [0.1, 0.15) is 0 Å². The molecule has 3 rings (SSSR count). The highest BCUT2D eigenvalue weighted by Crippen LogP contribution is 2.16. The fraction of sp³-hybridized carbons (Fsp3) is 0.467. The highest BCUT2D eigenvalue weighted by Gasteiger charge is 2.27. The number of hydrogen-bond acceptors (Lipinski definition) is 4. The van der Waals surface area contributed by atoms with Crippen LogP contribution in [0.4, 0.5) is 4.79 Å². The van der Waals surface area contributed by atoms with Gasteiger partial charge in [-0.3, -0.25) is 0 Å². The third-order valence-corrected chi connectivity index (χ3v) is 4.06. The number of hydrogen-bond donors (Lipinski definition) is 0. The molecule has 22 heavy (non-hydrogen) atoms. The molecule has 0 saturated carbocycles. The lowest BCUT2D eigenvalue weighted by Crippen LogP contribution is -2.47. The molecule has 1 aromatic heterocycles. The van der Waals surface area contributed by atoms with Crippen molar-refractivity contribution in [2.75, 3.05) is 6.54 Å². The van der Waals surface area contributed by atoms with Crippen molar-refractivity contribution in [3.8, 4) is 5.69 Å². The van der Waals surface area contributed by atoms with Crippen LogP contribution >= 0.6 is 0 Å². The zero-order valence-corrected chi connectivity index (χ0v) is 12.8. The molecular weight excluding hydrogens is 282 g/mol. The fourth-order valence-electron chi connectivity index (χ4n) is 2.79. The number of carbonyl (C=O) groups excluding carboxylic acids is 1. The monoisotopic (exact) mass is 301 g/mol. The van der Waals surface area contributed by atoms with Crippen molar-refractivity contribution >= 4 is 6.03 Å². The lowest BCUT2D eigenvalue weighted by Gasteiger charge is -2.32. The molecule has 0 radical (unpaired) electrons. The Balaban J connectivity index is 1.93. The SMILES string of the molecule is Cc1cccc(-n2nnn(C(=O)N3CCCCC3C)c2=O)c1. The molecule has 1 saturated heterocycles. The number of aromatic nitrogens is 4. The summed E-state index contributed by atoms with van der Waals surface area (Å²) in [4.78, 5) is 26.6. The Morgan fingerprint density at radius 3 is 2.82 bits per heavy atom. The van der Waals surface area contributed by atoms with Crippen molar-refractivity contribution in [1.29, 1.82) is 0 Å². The van der Waals surface area contributed by atoms with Gasteiger partial charge in [0.25, 0.3) is 0 Å². The summed E-state index contributed by atoms with van der Waals surface area (Å²) in [5.74, 6) is 0. The van der Waals surface area contributed by atoms with Crippen molar-refractivity contribution in [3.05, 3.63) is 40.3 Å². The number of rotatable bonds is 1. The van der Waals surface area contributed by atoms with Crippen LogP contribution in [0.15, 0.2) is 29.1 Å². The molecule has 7 heteroatoms. The van der Waals surface area contributed by atoms with Crippen LogP contribution in [0.3, 0.4) is 0 Å². The van der Waals surface area contributed by atoms with Gasteiger partial charge in [0.2, 0.25) is 0 Å². The lowest BCUT2D eigenvalue weighted by atomic mass is 10.0. The molecule has 1 aliphatic heterocycles. The molecule has 1 amide bonds. The first-order valence-corrected chi connectivity index (χ1v) is 7.51. The van der Waals surface area contributed by atoms with E-state index >= 15 is 0 Å². The minimum atomic E-state index is -0.534. The van der Waals surface area contributed by atoms with Gasteiger partial charge in [-0.25, -0.2) is 9.59 Å². The summed E-state index contributed by atoms with van der Waals surface area (Å²) in [6, 6.07) is 7.09. The van der Waals surface area contributed by atoms with Gasteiger partial charge in [-0.05, 0) is 61.2 Å². The van der Waals surface area contributed by atoms with Crippen molar-refractivity contribution in [3.63, 3.8) is 0 Å². The first kappa shape index (κ1) is 14.5. The Labute approximate surface area is 128 Å². The molecule has 0 N–H and O–H groups in total. The number of amides is 1. The summed E-state index contributed by atoms with van der Waals surface area (Å²) in [5, 5.41) is 7.59. The fourth-order valence-corrected chi connectivity index (χ4v) is 2.79. The average Bonchev–Trinajstić information content (AvgIpc) is 2.89. The van der Waals surface area contributed by atoms with Gasteiger partial charge in [0.05, 0.1) is 5.69 Å². The summed E-state index contributed by atoms with van der Waals surface area (Å²) in [6.07, 6.45) is 3.01. The van der Waals surface area contributed by atoms with Crippen LogP contribution in [0.2, 0.25) is 0 Å². The molecule has 1 atom stereocenters. The molecule has 1 unspecified atom stereocenters. The average molecular weight is 301 g/mol. The van der Waals surface area contributed by atoms with Gasteiger partial charge in [0.15, 0.2) is 0 Å². The van der Waals surface area contributed by atoms with E-state index in [1.165, 1.54) is 0 Å². The van der Waals surface area contributed by atoms with Gasteiger partial charge < -0.3 is 4.90 Å². The summed E-state index contributed by atoms with van der Waals surface area (Å²) in [5.41, 5.74) is 1.08. The van der Waals surface area contributed by atoms with Crippen LogP contribution < -0.4 is 5.69 Å². The van der Waals surface area contributed by atoms with Crippen LogP contribution in [0.1, 0.15) is 31.7 Å². The van der Waals surface area contributed by atoms with Crippen molar-refractivity contribution in [2.24, 2.45) is 0 Å². The van der Waals surface area contributed by atoms with E-state index in [-0.39, 0.29) is 6.04 Å². The summed E-state index contributed by atoms with van der Waals surface area (Å²) in [6.45, 7) is 4.58. The number of benzene rings is 1. The van der Waals surface area contributed by atoms with Gasteiger partial charge in [-0.2, -0.15) is 4.68 Å². The Kier molecular flexibility index (Phi) is 3.79. The molecular formula is C15H19N5O2. The molecule has 7 nitrogen and oxygen atoms in total. The van der Waals surface area contributed by atoms with E-state index in [9.17, 15) is 9.59 Å². The zero-order valence-electron chi connectivity index (χ0n) is 12.8. The highest BCUT2D eigenvalue weighted by molar-refractivity contribution is 5.76. The maximum atomic E-state index is 12.5. The first-order valence-electron chi connectivity index (χ1n) is 7.51. The van der Waals surface area contributed by atoms with E-state index in [1.54, 1.807) is 11.0 Å². The van der Waals surface area contributed by atoms with Crippen LogP contribution in [0.25, 0.3) is 5.69 Å². The van der Waals surface area contributed by atoms with E-state index < -0.39 is 11.7 Å². The molecule has 0 spiro atoms. The molecule has 1 fully saturated rings. The van der Waals surface area contributed by atoms with Crippen molar-refractivity contribution < 1.29 is 4.79 Å². The van der Waals surface area contributed by atoms with E-state index in [1.807, 2.05) is 32.0 Å². The third-order valence-electron chi connectivity index (χ3n) is 4.06. The maximum absolute atomic E-state index is 12.5. The van der Waals surface area contributed by atoms with Crippen LogP contribution in [-0.2, 0) is 0 Å². The largest absolute Gasteiger partial charge is 0.377 e. The van der Waals surface area contributed by atoms with E-state index in [0.29, 0.717) is 12.2 Å². The second kappa shape index (κ2) is 5.75. The molecule has 1 aromatic carbocycles. The number of piperidine rings is 1. The third kappa shape index (κ3) is 2.54. The van der Waals surface area contributed by atoms with E-state index in [2.05, 4.69) is 10.4 Å². The van der Waals surface area contributed by atoms with Crippen LogP contribution in [-0.4, -0.2) is 43.3 Å². The smallest absolute Gasteiger partial charge is 0.320 e. The zero-order chi connectivity index (χ0) is 15.7. The number of likely N-dealkylation sites (tertiary alicyclic amines) is 1. The maximum Gasteiger partial charge on any atom is 0.377 e. The second-order valence-electron chi connectivity index (χ2n) is 5.74. The molecule has 1 aliphatic rings. The van der Waals surface area contributed by atoms with Crippen LogP contribution in [0.5, 0.6) is 0 Å². The quantitative estimate of drug-likeness (QED) is 0.750. The van der Waals surface area contributed by atoms with Crippen molar-refractivity contribution in [2.45, 2.75) is 39.2 Å². The number of nitrogens with zero attached hydrogens (tertiary/aromatic N) is 5. The topological polar surface area (TPSA) is 73.0 Å². The number of aryl methyl sites for hydroxylation is 1. The summed E-state index contributed by atoms with van der Waals surface area (Å²) in [7, 11) is 0. The molecule has 2 heterocycles. The molecule has 2 aromatic rings. The highest BCUT2D eigenvalue weighted by atomic mass is 16.2. The van der Waals surface area contributed by atoms with Gasteiger partial charge >= 0.3 is 11.7 Å². The number of carbonyl (C=O) groups is 1. The Hall–Kier alpha value is -2.44. The van der Waals surface area contributed by atoms with Gasteiger partial charge in [-0.1, -0.05) is 12.1 Å². The number of tetrazole rings is 1. The summed E-state index contributed by atoms with van der Waals surface area (Å²) < 4.78 is 2.00. The standard InChI is InChI=1S/C15H19N5O2/c1-11-6-5-8-13(10-11)19-15(22)20(17-16-19)14(21)18-9-4-3-7-12(18)2/h5-6,8,10,12H,3-4,7,9H2,1-2H3. The summed E-state index contributed by atoms with van der Waals surface area (Å²) >= 11 is 0. The van der Waals surface area contributed by atoms with Gasteiger partial charge in [0, 0.05) is 12.6 Å². The molecule has 116 valence electrons. The van der Waals surface area contributed by atoms with Crippen molar-refractivity contribution in [1.82, 2.24) is 24.7 Å². The minimum Gasteiger partial charge on any atom is -0.320 e. The van der Waals surface area contributed by atoms with Gasteiger partial charge in [-0.15, -0.1) is 4.68 Å². The van der Waals surface area contributed by atoms with Crippen LogP contribution in [0, 0.1) is 6.92 Å². The Bertz CT molecular complexity index is 748. The normalized spacial score (nSPS) is 18.5. The molecule has 0 bridgehead atoms. The predicted octanol–water partition coefficient (Wildman–Crippen LogP) is 1.58. The van der Waals surface area contributed by atoms with E-state index in [0.717, 1.165) is 34.2 Å². The van der Waals surface area contributed by atoms with E-state index in [4.69, 9.17) is 0 Å². The minimum absolute atomic E-state index is 0.122. The predicted molar refractivity (Wildman–Crippen MR) is 81.2 cm³/mol. The molecule has 0 aliphatic carbocycles. The lowest BCUT2D eigenvalue weighted by molar-refractivity contribution is 0.155. The Morgan fingerprint density at radius 2 is 2.09 bits per heavy atom.